The van der Waals surface area contributed by atoms with Gasteiger partial charge in [-0.2, -0.15) is 0 Å². The van der Waals surface area contributed by atoms with E-state index in [9.17, 15) is 14.4 Å². The third-order valence-electron chi connectivity index (χ3n) is 3.29. The van der Waals surface area contributed by atoms with Gasteiger partial charge >= 0.3 is 5.97 Å². The quantitative estimate of drug-likeness (QED) is 0.748. The molecule has 2 amide bonds. The van der Waals surface area contributed by atoms with Crippen LogP contribution in [0.2, 0.25) is 0 Å². The van der Waals surface area contributed by atoms with Gasteiger partial charge in [0.2, 0.25) is 11.8 Å². The molecule has 0 aliphatic carbocycles. The van der Waals surface area contributed by atoms with Crippen LogP contribution in [0.3, 0.4) is 0 Å². The summed E-state index contributed by atoms with van der Waals surface area (Å²) in [7, 11) is 0. The summed E-state index contributed by atoms with van der Waals surface area (Å²) in [5.41, 5.74) is 0. The highest BCUT2D eigenvalue weighted by Crippen LogP contribution is 2.39. The smallest absolute Gasteiger partial charge is 0.325 e. The number of furan rings is 1. The molecule has 0 aromatic carbocycles. The third-order valence-corrected chi connectivity index (χ3v) is 4.51. The molecule has 7 nitrogen and oxygen atoms in total. The molecule has 1 aromatic rings. The van der Waals surface area contributed by atoms with Crippen molar-refractivity contribution in [1.29, 1.82) is 0 Å². The Bertz CT molecular complexity index is 586. The molecule has 126 valence electrons. The summed E-state index contributed by atoms with van der Waals surface area (Å²) < 4.78 is 10.4. The van der Waals surface area contributed by atoms with Crippen LogP contribution >= 0.6 is 11.8 Å². The van der Waals surface area contributed by atoms with Gasteiger partial charge in [0.1, 0.15) is 30.0 Å². The van der Waals surface area contributed by atoms with E-state index in [4.69, 9.17) is 9.15 Å². The van der Waals surface area contributed by atoms with Crippen LogP contribution in [0.5, 0.6) is 0 Å². The second-order valence-corrected chi connectivity index (χ2v) is 5.99. The average Bonchev–Trinajstić information content (AvgIpc) is 3.13. The van der Waals surface area contributed by atoms with Gasteiger partial charge in [0.05, 0.1) is 12.4 Å². The second kappa shape index (κ2) is 8.05. The molecular formula is C15H20N2O5S. The van der Waals surface area contributed by atoms with E-state index in [0.29, 0.717) is 11.5 Å². The monoisotopic (exact) mass is 340 g/mol. The number of nitrogens with zero attached hydrogens (tertiary/aromatic N) is 1. The number of amides is 2. The Morgan fingerprint density at radius 3 is 2.87 bits per heavy atom. The minimum atomic E-state index is -0.502. The molecule has 8 heteroatoms. The highest BCUT2D eigenvalue weighted by Gasteiger charge is 2.36. The van der Waals surface area contributed by atoms with Crippen molar-refractivity contribution in [3.8, 4) is 0 Å². The molecular weight excluding hydrogens is 320 g/mol. The summed E-state index contributed by atoms with van der Waals surface area (Å²) in [5, 5.41) is 2.15. The summed E-state index contributed by atoms with van der Waals surface area (Å²) in [4.78, 5) is 36.6. The molecule has 1 aliphatic heterocycles. The largest absolute Gasteiger partial charge is 0.465 e. The number of thioether (sulfide) groups is 1. The van der Waals surface area contributed by atoms with Gasteiger partial charge in [0.25, 0.3) is 0 Å². The number of rotatable bonds is 7. The van der Waals surface area contributed by atoms with Gasteiger partial charge in [-0.25, -0.2) is 0 Å². The maximum Gasteiger partial charge on any atom is 0.325 e. The molecule has 1 aliphatic rings. The van der Waals surface area contributed by atoms with E-state index in [1.165, 1.54) is 16.7 Å². The van der Waals surface area contributed by atoms with Gasteiger partial charge < -0.3 is 19.4 Å². The first-order valence-corrected chi connectivity index (χ1v) is 8.52. The molecule has 1 fully saturated rings. The van der Waals surface area contributed by atoms with Gasteiger partial charge in [-0.15, -0.1) is 11.8 Å². The minimum absolute atomic E-state index is 0.113. The van der Waals surface area contributed by atoms with Crippen LogP contribution in [0, 0.1) is 0 Å². The van der Waals surface area contributed by atoms with E-state index in [1.807, 2.05) is 19.1 Å². The van der Waals surface area contributed by atoms with E-state index < -0.39 is 11.9 Å². The summed E-state index contributed by atoms with van der Waals surface area (Å²) >= 11 is 1.42. The standard InChI is InChI=1S/C15H20N2O5S/c1-3-10-5-6-11(22-10)15-17(13(19)9-23-15)8-12(18)16-7-14(20)21-4-2/h5-6,15H,3-4,7-9H2,1-2H3,(H,16,18). The van der Waals surface area contributed by atoms with E-state index in [2.05, 4.69) is 5.32 Å². The second-order valence-electron chi connectivity index (χ2n) is 4.92. The Morgan fingerprint density at radius 1 is 1.43 bits per heavy atom. The highest BCUT2D eigenvalue weighted by molar-refractivity contribution is 8.00. The van der Waals surface area contributed by atoms with Gasteiger partial charge in [0.15, 0.2) is 0 Å². The van der Waals surface area contributed by atoms with Crippen molar-refractivity contribution in [2.24, 2.45) is 0 Å². The average molecular weight is 340 g/mol. The minimum Gasteiger partial charge on any atom is -0.465 e. The Morgan fingerprint density at radius 2 is 2.22 bits per heavy atom. The summed E-state index contributed by atoms with van der Waals surface area (Å²) in [5.74, 6) is 0.778. The molecule has 2 rings (SSSR count). The van der Waals surface area contributed by atoms with Gasteiger partial charge in [0, 0.05) is 6.42 Å². The van der Waals surface area contributed by atoms with Crippen molar-refractivity contribution in [3.63, 3.8) is 0 Å². The number of aryl methyl sites for hydroxylation is 1. The van der Waals surface area contributed by atoms with Gasteiger partial charge in [-0.1, -0.05) is 6.92 Å². The Kier molecular flexibility index (Phi) is 6.09. The predicted molar refractivity (Wildman–Crippen MR) is 84.6 cm³/mol. The fraction of sp³-hybridized carbons (Fsp3) is 0.533. The summed E-state index contributed by atoms with van der Waals surface area (Å²) in [6.45, 7) is 3.62. The van der Waals surface area contributed by atoms with E-state index in [-0.39, 0.29) is 31.0 Å². The molecule has 1 aromatic heterocycles. The lowest BCUT2D eigenvalue weighted by molar-refractivity contribution is -0.143. The van der Waals surface area contributed by atoms with Crippen LogP contribution < -0.4 is 5.32 Å². The van der Waals surface area contributed by atoms with E-state index in [0.717, 1.165) is 12.2 Å². The molecule has 1 N–H and O–H groups in total. The molecule has 1 unspecified atom stereocenters. The van der Waals surface area contributed by atoms with E-state index in [1.54, 1.807) is 6.92 Å². The van der Waals surface area contributed by atoms with Crippen LogP contribution in [0.25, 0.3) is 0 Å². The maximum atomic E-state index is 12.0. The van der Waals surface area contributed by atoms with Crippen molar-refractivity contribution >= 4 is 29.5 Å². The molecule has 23 heavy (non-hydrogen) atoms. The van der Waals surface area contributed by atoms with Crippen molar-refractivity contribution in [2.75, 3.05) is 25.4 Å². The van der Waals surface area contributed by atoms with Crippen molar-refractivity contribution in [2.45, 2.75) is 25.6 Å². The van der Waals surface area contributed by atoms with Crippen LogP contribution in [0.4, 0.5) is 0 Å². The maximum absolute atomic E-state index is 12.0. The zero-order chi connectivity index (χ0) is 16.8. The Hall–Kier alpha value is -1.96. The molecule has 0 radical (unpaired) electrons. The SMILES string of the molecule is CCOC(=O)CNC(=O)CN1C(=O)CSC1c1ccc(CC)o1. The first-order chi connectivity index (χ1) is 11.0. The predicted octanol–water partition coefficient (Wildman–Crippen LogP) is 1.10. The lowest BCUT2D eigenvalue weighted by Gasteiger charge is -2.21. The fourth-order valence-corrected chi connectivity index (χ4v) is 3.30. The number of hydrogen-bond donors (Lipinski definition) is 1. The van der Waals surface area contributed by atoms with Crippen LogP contribution in [0.15, 0.2) is 16.5 Å². The van der Waals surface area contributed by atoms with Crippen molar-refractivity contribution in [1.82, 2.24) is 10.2 Å². The molecule has 2 heterocycles. The van der Waals surface area contributed by atoms with Crippen molar-refractivity contribution in [3.05, 3.63) is 23.7 Å². The number of nitrogens with one attached hydrogen (secondary N) is 1. The van der Waals surface area contributed by atoms with Crippen LogP contribution in [0.1, 0.15) is 30.7 Å². The number of carbonyl (C=O) groups is 3. The molecule has 0 bridgehead atoms. The molecule has 0 spiro atoms. The zero-order valence-corrected chi connectivity index (χ0v) is 14.0. The van der Waals surface area contributed by atoms with Crippen molar-refractivity contribution < 1.29 is 23.5 Å². The number of hydrogen-bond acceptors (Lipinski definition) is 6. The third kappa shape index (κ3) is 4.51. The lowest BCUT2D eigenvalue weighted by Crippen LogP contribution is -2.41. The topological polar surface area (TPSA) is 88.9 Å². The number of ether oxygens (including phenoxy) is 1. The Labute approximate surface area is 138 Å². The number of carbonyl (C=O) groups excluding carboxylic acids is 3. The zero-order valence-electron chi connectivity index (χ0n) is 13.2. The van der Waals surface area contributed by atoms with E-state index >= 15 is 0 Å². The first-order valence-electron chi connectivity index (χ1n) is 7.47. The normalized spacial score (nSPS) is 17.4. The Balaban J connectivity index is 1.94. The summed E-state index contributed by atoms with van der Waals surface area (Å²) in [6.07, 6.45) is 0.769. The molecule has 1 saturated heterocycles. The first kappa shape index (κ1) is 17.4. The highest BCUT2D eigenvalue weighted by atomic mass is 32.2. The molecule has 1 atom stereocenters. The summed E-state index contributed by atoms with van der Waals surface area (Å²) in [6, 6.07) is 3.70. The fourth-order valence-electron chi connectivity index (χ4n) is 2.17. The molecule has 0 saturated carbocycles. The lowest BCUT2D eigenvalue weighted by atomic mass is 10.3. The van der Waals surface area contributed by atoms with Gasteiger partial charge in [-0.05, 0) is 19.1 Å². The van der Waals surface area contributed by atoms with Crippen LogP contribution in [-0.2, 0) is 25.5 Å². The number of esters is 1. The van der Waals surface area contributed by atoms with Gasteiger partial charge in [-0.3, -0.25) is 14.4 Å². The van der Waals surface area contributed by atoms with Crippen LogP contribution in [-0.4, -0.2) is 48.1 Å².